The van der Waals surface area contributed by atoms with Gasteiger partial charge in [-0.3, -0.25) is 0 Å². The van der Waals surface area contributed by atoms with Crippen molar-refractivity contribution in [3.8, 4) is 22.3 Å². The van der Waals surface area contributed by atoms with E-state index < -0.39 is 0 Å². The van der Waals surface area contributed by atoms with Gasteiger partial charge in [0, 0.05) is 27.7 Å². The molecular formula is C55H37NO. The Morgan fingerprint density at radius 3 is 1.82 bits per heavy atom. The Balaban J connectivity index is 1.13. The minimum Gasteiger partial charge on any atom is -0.455 e. The lowest BCUT2D eigenvalue weighted by Gasteiger charge is -2.28. The fraction of sp³-hybridized carbons (Fsp3) is 0.0545. The summed E-state index contributed by atoms with van der Waals surface area (Å²) in [6.07, 6.45) is 0. The number of furan rings is 1. The highest BCUT2D eigenvalue weighted by Crippen LogP contribution is 2.52. The van der Waals surface area contributed by atoms with E-state index in [1.807, 2.05) is 0 Å². The average molecular weight is 728 g/mol. The minimum absolute atomic E-state index is 0.121. The summed E-state index contributed by atoms with van der Waals surface area (Å²) in [4.78, 5) is 2.42. The lowest BCUT2D eigenvalue weighted by Crippen LogP contribution is -2.16. The van der Waals surface area contributed by atoms with E-state index >= 15 is 0 Å². The van der Waals surface area contributed by atoms with E-state index in [4.69, 9.17) is 4.42 Å². The van der Waals surface area contributed by atoms with Crippen molar-refractivity contribution in [2.45, 2.75) is 19.3 Å². The van der Waals surface area contributed by atoms with Crippen LogP contribution in [-0.4, -0.2) is 0 Å². The number of anilines is 3. The highest BCUT2D eigenvalue weighted by atomic mass is 16.3. The summed E-state index contributed by atoms with van der Waals surface area (Å²) in [5.41, 5.74) is 12.6. The van der Waals surface area contributed by atoms with Crippen molar-refractivity contribution in [1.82, 2.24) is 0 Å². The molecule has 0 N–H and O–H groups in total. The lowest BCUT2D eigenvalue weighted by molar-refractivity contribution is 0.660. The Kier molecular flexibility index (Phi) is 6.72. The van der Waals surface area contributed by atoms with Gasteiger partial charge in [-0.25, -0.2) is 0 Å². The van der Waals surface area contributed by atoms with Gasteiger partial charge < -0.3 is 9.32 Å². The molecule has 1 aliphatic carbocycles. The van der Waals surface area contributed by atoms with Crippen molar-refractivity contribution in [3.05, 3.63) is 199 Å². The van der Waals surface area contributed by atoms with Gasteiger partial charge in [-0.1, -0.05) is 153 Å². The van der Waals surface area contributed by atoms with Gasteiger partial charge in [0.1, 0.15) is 11.2 Å². The number of nitrogens with zero attached hydrogens (tertiary/aromatic N) is 1. The summed E-state index contributed by atoms with van der Waals surface area (Å²) in [6, 6.07) is 68.8. The summed E-state index contributed by atoms with van der Waals surface area (Å²) in [5, 5.41) is 12.2. The van der Waals surface area contributed by atoms with Crippen LogP contribution in [0.2, 0.25) is 0 Å². The van der Waals surface area contributed by atoms with Crippen LogP contribution in [0.4, 0.5) is 17.1 Å². The first-order valence-corrected chi connectivity index (χ1v) is 19.8. The molecule has 1 heterocycles. The molecule has 10 aromatic carbocycles. The molecule has 12 rings (SSSR count). The van der Waals surface area contributed by atoms with E-state index in [2.05, 4.69) is 207 Å². The maximum atomic E-state index is 7.10. The molecule has 0 fully saturated rings. The maximum absolute atomic E-state index is 7.10. The molecule has 1 aliphatic rings. The molecule has 11 aromatic rings. The molecule has 0 spiro atoms. The Bertz CT molecular complexity index is 3410. The molecule has 0 saturated heterocycles. The van der Waals surface area contributed by atoms with Gasteiger partial charge in [0.25, 0.3) is 0 Å². The van der Waals surface area contributed by atoms with Crippen LogP contribution in [0.5, 0.6) is 0 Å². The number of hydrogen-bond donors (Lipinski definition) is 0. The van der Waals surface area contributed by atoms with E-state index in [1.165, 1.54) is 65.3 Å². The van der Waals surface area contributed by atoms with Crippen LogP contribution >= 0.6 is 0 Å². The average Bonchev–Trinajstić information content (AvgIpc) is 3.75. The number of para-hydroxylation sites is 1. The van der Waals surface area contributed by atoms with Gasteiger partial charge in [0.15, 0.2) is 0 Å². The fourth-order valence-corrected chi connectivity index (χ4v) is 9.98. The molecule has 268 valence electrons. The highest BCUT2D eigenvalue weighted by Gasteiger charge is 2.36. The summed E-state index contributed by atoms with van der Waals surface area (Å²) in [5.74, 6) is 0. The Morgan fingerprint density at radius 1 is 0.421 bits per heavy atom. The van der Waals surface area contributed by atoms with E-state index in [9.17, 15) is 0 Å². The predicted molar refractivity (Wildman–Crippen MR) is 241 cm³/mol. The van der Waals surface area contributed by atoms with Crippen LogP contribution in [-0.2, 0) is 5.41 Å². The van der Waals surface area contributed by atoms with Crippen LogP contribution in [0.15, 0.2) is 192 Å². The number of benzene rings is 10. The second-order valence-corrected chi connectivity index (χ2v) is 16.0. The van der Waals surface area contributed by atoms with Gasteiger partial charge in [0.05, 0.1) is 11.1 Å². The Labute approximate surface area is 330 Å². The first-order chi connectivity index (χ1) is 28.0. The van der Waals surface area contributed by atoms with E-state index in [0.717, 1.165) is 50.1 Å². The lowest BCUT2D eigenvalue weighted by atomic mass is 9.82. The molecule has 2 nitrogen and oxygen atoms in total. The van der Waals surface area contributed by atoms with Crippen LogP contribution in [0.1, 0.15) is 25.0 Å². The first-order valence-electron chi connectivity index (χ1n) is 19.8. The van der Waals surface area contributed by atoms with Gasteiger partial charge in [0.2, 0.25) is 0 Å². The maximum Gasteiger partial charge on any atom is 0.143 e. The van der Waals surface area contributed by atoms with Crippen LogP contribution in [0.3, 0.4) is 0 Å². The third kappa shape index (κ3) is 4.59. The molecule has 0 amide bonds. The third-order valence-electron chi connectivity index (χ3n) is 12.6. The van der Waals surface area contributed by atoms with Crippen molar-refractivity contribution >= 4 is 82.1 Å². The smallest absolute Gasteiger partial charge is 0.143 e. The summed E-state index contributed by atoms with van der Waals surface area (Å²) < 4.78 is 7.10. The van der Waals surface area contributed by atoms with Gasteiger partial charge in [-0.05, 0) is 119 Å². The molecule has 0 atom stereocenters. The second-order valence-electron chi connectivity index (χ2n) is 16.0. The van der Waals surface area contributed by atoms with Crippen molar-refractivity contribution in [3.63, 3.8) is 0 Å². The van der Waals surface area contributed by atoms with E-state index in [0.29, 0.717) is 0 Å². The first kappa shape index (κ1) is 32.1. The van der Waals surface area contributed by atoms with Crippen molar-refractivity contribution in [2.24, 2.45) is 0 Å². The normalized spacial score (nSPS) is 13.2. The molecular weight excluding hydrogens is 691 g/mol. The summed E-state index contributed by atoms with van der Waals surface area (Å²) >= 11 is 0. The Hall–Kier alpha value is -7.16. The van der Waals surface area contributed by atoms with Gasteiger partial charge >= 0.3 is 0 Å². The molecule has 0 saturated carbocycles. The standard InChI is InChI=1S/C55H37NO/c1-55(2)48-24-13-12-23-44(48)45-30-28-37(33-49(45)55)56(36-16-4-3-5-17-36)50-25-14-26-51-53(50)47-31-34-15-6-7-18-38(34)52(54(47)57-51)35-27-29-43-41-21-9-8-19-39(41)40-20-10-11-22-42(40)46(43)32-35/h3-33H,1-2H3. The molecule has 0 unspecified atom stereocenters. The largest absolute Gasteiger partial charge is 0.455 e. The SMILES string of the molecule is CC1(C)c2ccccc2-c2ccc(N(c3ccccc3)c3cccc4oc5c(-c6ccc7c8ccccc8c8ccccc8c7c6)c6ccccc6cc5c34)cc21. The van der Waals surface area contributed by atoms with Crippen molar-refractivity contribution in [1.29, 1.82) is 0 Å². The van der Waals surface area contributed by atoms with Crippen LogP contribution < -0.4 is 4.90 Å². The van der Waals surface area contributed by atoms with E-state index in [-0.39, 0.29) is 5.41 Å². The zero-order valence-electron chi connectivity index (χ0n) is 31.8. The zero-order chi connectivity index (χ0) is 37.8. The summed E-state index contributed by atoms with van der Waals surface area (Å²) in [7, 11) is 0. The third-order valence-corrected chi connectivity index (χ3v) is 12.6. The van der Waals surface area contributed by atoms with Gasteiger partial charge in [-0.15, -0.1) is 0 Å². The molecule has 0 aliphatic heterocycles. The Morgan fingerprint density at radius 2 is 1.05 bits per heavy atom. The van der Waals surface area contributed by atoms with Gasteiger partial charge in [-0.2, -0.15) is 0 Å². The molecule has 57 heavy (non-hydrogen) atoms. The monoisotopic (exact) mass is 727 g/mol. The van der Waals surface area contributed by atoms with Crippen molar-refractivity contribution in [2.75, 3.05) is 4.90 Å². The van der Waals surface area contributed by atoms with Crippen LogP contribution in [0.25, 0.3) is 87.3 Å². The topological polar surface area (TPSA) is 16.4 Å². The molecule has 0 radical (unpaired) electrons. The second kappa shape index (κ2) is 11.9. The molecule has 1 aromatic heterocycles. The summed E-state index contributed by atoms with van der Waals surface area (Å²) in [6.45, 7) is 4.70. The number of hydrogen-bond acceptors (Lipinski definition) is 2. The molecule has 0 bridgehead atoms. The number of rotatable bonds is 4. The molecule has 2 heteroatoms. The minimum atomic E-state index is -0.121. The van der Waals surface area contributed by atoms with E-state index in [1.54, 1.807) is 0 Å². The zero-order valence-corrected chi connectivity index (χ0v) is 31.8. The quantitative estimate of drug-likeness (QED) is 0.168. The predicted octanol–water partition coefficient (Wildman–Crippen LogP) is 15.6. The highest BCUT2D eigenvalue weighted by molar-refractivity contribution is 6.27. The van der Waals surface area contributed by atoms with Crippen LogP contribution in [0, 0.1) is 0 Å². The fourth-order valence-electron chi connectivity index (χ4n) is 9.98. The number of fused-ring (bicyclic) bond motifs is 13. The van der Waals surface area contributed by atoms with Crippen molar-refractivity contribution < 1.29 is 4.42 Å².